The minimum Gasteiger partial charge on any atom is -0.351 e. The van der Waals surface area contributed by atoms with E-state index < -0.39 is 0 Å². The first-order chi connectivity index (χ1) is 5.38. The van der Waals surface area contributed by atoms with Crippen LogP contribution in [0.5, 0.6) is 0 Å². The van der Waals surface area contributed by atoms with E-state index in [0.717, 1.165) is 0 Å². The number of carbonyl (C=O) groups excluding carboxylic acids is 1. The molecule has 1 atom stereocenters. The molecule has 0 aliphatic carbocycles. The molecule has 0 heterocycles. The Kier molecular flexibility index (Phi) is 4.20. The number of rotatable bonds is 3. The van der Waals surface area contributed by atoms with Gasteiger partial charge in [-0.2, -0.15) is 0 Å². The van der Waals surface area contributed by atoms with Crippen molar-refractivity contribution in [3.63, 3.8) is 0 Å². The smallest absolute Gasteiger partial charge is 0.225 e. The highest BCUT2D eigenvalue weighted by Gasteiger charge is 2.22. The normalized spacial score (nSPS) is 14.1. The van der Waals surface area contributed by atoms with E-state index >= 15 is 0 Å². The van der Waals surface area contributed by atoms with Gasteiger partial charge in [0.1, 0.15) is 0 Å². The predicted octanol–water partition coefficient (Wildman–Crippen LogP) is 0.427. The molecule has 72 valence electrons. The third-order valence-electron chi connectivity index (χ3n) is 1.40. The highest BCUT2D eigenvalue weighted by atomic mass is 16.6. The summed E-state index contributed by atoms with van der Waals surface area (Å²) in [6, 6.07) is -0.0401. The molecule has 0 saturated heterocycles. The van der Waals surface area contributed by atoms with Gasteiger partial charge in [0, 0.05) is 5.41 Å². The maximum atomic E-state index is 11.3. The Morgan fingerprint density at radius 3 is 2.42 bits per heavy atom. The zero-order valence-corrected chi connectivity index (χ0v) is 8.18. The van der Waals surface area contributed by atoms with E-state index in [1.54, 1.807) is 0 Å². The lowest BCUT2D eigenvalue weighted by Gasteiger charge is -2.21. The molecule has 0 aromatic carbocycles. The van der Waals surface area contributed by atoms with Gasteiger partial charge < -0.3 is 10.2 Å². The van der Waals surface area contributed by atoms with Crippen LogP contribution >= 0.6 is 0 Å². The summed E-state index contributed by atoms with van der Waals surface area (Å²) >= 11 is 0. The Morgan fingerprint density at radius 1 is 1.58 bits per heavy atom. The van der Waals surface area contributed by atoms with Crippen molar-refractivity contribution >= 4 is 5.91 Å². The lowest BCUT2D eigenvalue weighted by atomic mass is 9.95. The number of hydrogen-bond acceptors (Lipinski definition) is 3. The van der Waals surface area contributed by atoms with Crippen LogP contribution in [0.1, 0.15) is 27.7 Å². The van der Waals surface area contributed by atoms with Gasteiger partial charge in [-0.25, -0.2) is 5.90 Å². The zero-order valence-electron chi connectivity index (χ0n) is 8.18. The van der Waals surface area contributed by atoms with E-state index in [-0.39, 0.29) is 17.4 Å². The summed E-state index contributed by atoms with van der Waals surface area (Å²) in [5.74, 6) is 4.87. The minimum absolute atomic E-state index is 0.00653. The second-order valence-electron chi connectivity index (χ2n) is 3.96. The molecule has 0 rings (SSSR count). The Bertz CT molecular complexity index is 152. The quantitative estimate of drug-likeness (QED) is 0.610. The van der Waals surface area contributed by atoms with Gasteiger partial charge in [-0.3, -0.25) is 4.79 Å². The Balaban J connectivity index is 3.85. The zero-order chi connectivity index (χ0) is 9.78. The standard InChI is InChI=1S/C8H18N2O2/c1-6(5-12-9)10-7(11)8(2,3)4/h6H,5,9H2,1-4H3,(H,10,11). The van der Waals surface area contributed by atoms with Crippen molar-refractivity contribution in [3.8, 4) is 0 Å². The fourth-order valence-electron chi connectivity index (χ4n) is 0.626. The lowest BCUT2D eigenvalue weighted by molar-refractivity contribution is -0.129. The topological polar surface area (TPSA) is 64.3 Å². The third kappa shape index (κ3) is 4.31. The van der Waals surface area contributed by atoms with E-state index in [9.17, 15) is 4.79 Å². The van der Waals surface area contributed by atoms with Gasteiger partial charge in [0.05, 0.1) is 12.6 Å². The predicted molar refractivity (Wildman–Crippen MR) is 47.2 cm³/mol. The van der Waals surface area contributed by atoms with Gasteiger partial charge >= 0.3 is 0 Å². The van der Waals surface area contributed by atoms with Crippen LogP contribution in [0.15, 0.2) is 0 Å². The molecule has 0 bridgehead atoms. The van der Waals surface area contributed by atoms with Gasteiger partial charge in [0.25, 0.3) is 0 Å². The molecular formula is C8H18N2O2. The van der Waals surface area contributed by atoms with E-state index in [4.69, 9.17) is 5.90 Å². The van der Waals surface area contributed by atoms with Crippen molar-refractivity contribution in [2.24, 2.45) is 11.3 Å². The molecule has 0 radical (unpaired) electrons. The average Bonchev–Trinajstić information content (AvgIpc) is 1.85. The van der Waals surface area contributed by atoms with Crippen LogP contribution in [-0.2, 0) is 9.63 Å². The molecule has 1 unspecified atom stereocenters. The Morgan fingerprint density at radius 2 is 2.08 bits per heavy atom. The van der Waals surface area contributed by atoms with Crippen LogP contribution < -0.4 is 11.2 Å². The van der Waals surface area contributed by atoms with Crippen LogP contribution in [0.25, 0.3) is 0 Å². The summed E-state index contributed by atoms with van der Waals surface area (Å²) < 4.78 is 0. The average molecular weight is 174 g/mol. The van der Waals surface area contributed by atoms with Crippen molar-refractivity contribution in [2.75, 3.05) is 6.61 Å². The summed E-state index contributed by atoms with van der Waals surface area (Å²) in [6.45, 7) is 7.76. The van der Waals surface area contributed by atoms with Crippen molar-refractivity contribution in [1.29, 1.82) is 0 Å². The number of nitrogens with one attached hydrogen (secondary N) is 1. The second-order valence-corrected chi connectivity index (χ2v) is 3.96. The summed E-state index contributed by atoms with van der Waals surface area (Å²) in [7, 11) is 0. The van der Waals surface area contributed by atoms with E-state index in [2.05, 4.69) is 10.2 Å². The molecule has 0 aromatic rings. The van der Waals surface area contributed by atoms with Gasteiger partial charge in [-0.15, -0.1) is 0 Å². The highest BCUT2D eigenvalue weighted by Crippen LogP contribution is 2.12. The molecule has 3 N–H and O–H groups in total. The van der Waals surface area contributed by atoms with Crippen molar-refractivity contribution in [1.82, 2.24) is 5.32 Å². The first kappa shape index (κ1) is 11.4. The van der Waals surface area contributed by atoms with Gasteiger partial charge in [-0.05, 0) is 6.92 Å². The third-order valence-corrected chi connectivity index (χ3v) is 1.40. The molecule has 0 aliphatic rings. The fourth-order valence-corrected chi connectivity index (χ4v) is 0.626. The molecule has 0 aliphatic heterocycles. The molecule has 0 aromatic heterocycles. The summed E-state index contributed by atoms with van der Waals surface area (Å²) in [5.41, 5.74) is -0.358. The van der Waals surface area contributed by atoms with E-state index in [0.29, 0.717) is 6.61 Å². The van der Waals surface area contributed by atoms with Crippen molar-refractivity contribution in [3.05, 3.63) is 0 Å². The maximum Gasteiger partial charge on any atom is 0.225 e. The molecule has 0 spiro atoms. The van der Waals surface area contributed by atoms with Crippen LogP contribution in [0, 0.1) is 5.41 Å². The molecule has 1 amide bonds. The SMILES string of the molecule is CC(CON)NC(=O)C(C)(C)C. The fraction of sp³-hybridized carbons (Fsp3) is 0.875. The summed E-state index contributed by atoms with van der Waals surface area (Å²) in [4.78, 5) is 15.7. The molecule has 0 fully saturated rings. The number of carbonyl (C=O) groups is 1. The lowest BCUT2D eigenvalue weighted by Crippen LogP contribution is -2.42. The molecule has 4 heteroatoms. The second kappa shape index (κ2) is 4.42. The van der Waals surface area contributed by atoms with Crippen molar-refractivity contribution < 1.29 is 9.63 Å². The first-order valence-electron chi connectivity index (χ1n) is 4.00. The van der Waals surface area contributed by atoms with Crippen LogP contribution in [0.3, 0.4) is 0 Å². The van der Waals surface area contributed by atoms with Gasteiger partial charge in [0.15, 0.2) is 0 Å². The largest absolute Gasteiger partial charge is 0.351 e. The summed E-state index contributed by atoms with van der Waals surface area (Å²) in [5, 5.41) is 2.78. The van der Waals surface area contributed by atoms with Crippen LogP contribution in [0.4, 0.5) is 0 Å². The minimum atomic E-state index is -0.358. The molecule has 0 saturated carbocycles. The monoisotopic (exact) mass is 174 g/mol. The van der Waals surface area contributed by atoms with Gasteiger partial charge in [0.2, 0.25) is 5.91 Å². The van der Waals surface area contributed by atoms with Crippen molar-refractivity contribution in [2.45, 2.75) is 33.7 Å². The van der Waals surface area contributed by atoms with E-state index in [1.165, 1.54) is 0 Å². The molecule has 4 nitrogen and oxygen atoms in total. The molecule has 12 heavy (non-hydrogen) atoms. The summed E-state index contributed by atoms with van der Waals surface area (Å²) in [6.07, 6.45) is 0. The van der Waals surface area contributed by atoms with Gasteiger partial charge in [-0.1, -0.05) is 20.8 Å². The maximum absolute atomic E-state index is 11.3. The van der Waals surface area contributed by atoms with E-state index in [1.807, 2.05) is 27.7 Å². The van der Waals surface area contributed by atoms with Crippen LogP contribution in [-0.4, -0.2) is 18.6 Å². The Labute approximate surface area is 73.4 Å². The number of amides is 1. The highest BCUT2D eigenvalue weighted by molar-refractivity contribution is 5.81. The number of hydrogen-bond donors (Lipinski definition) is 2. The molecular weight excluding hydrogens is 156 g/mol. The first-order valence-corrected chi connectivity index (χ1v) is 4.00. The van der Waals surface area contributed by atoms with Crippen LogP contribution in [0.2, 0.25) is 0 Å². The Hall–Kier alpha value is -0.610. The number of nitrogens with two attached hydrogens (primary N) is 1.